The molecule has 0 unspecified atom stereocenters. The van der Waals surface area contributed by atoms with Crippen LogP contribution < -0.4 is 5.32 Å². The molecule has 0 aliphatic heterocycles. The molecule has 0 saturated carbocycles. The number of hydrogen-bond donors (Lipinski definition) is 2. The molecule has 2 rings (SSSR count). The van der Waals surface area contributed by atoms with Crippen LogP contribution in [0.4, 0.5) is 9.39 Å². The summed E-state index contributed by atoms with van der Waals surface area (Å²) in [7, 11) is 0. The maximum absolute atomic E-state index is 13.2. The molecule has 1 heterocycles. The van der Waals surface area contributed by atoms with Crippen LogP contribution in [0.2, 0.25) is 0 Å². The number of carboxylic acid groups (broad SMARTS) is 1. The molecule has 0 aliphatic carbocycles. The van der Waals surface area contributed by atoms with E-state index in [0.717, 1.165) is 4.88 Å². The zero-order valence-corrected chi connectivity index (χ0v) is 12.4. The van der Waals surface area contributed by atoms with Crippen LogP contribution in [-0.2, 0) is 6.42 Å². The fraction of sp³-hybridized carbons (Fsp3) is 0.200. The van der Waals surface area contributed by atoms with Gasteiger partial charge in [-0.2, -0.15) is 0 Å². The van der Waals surface area contributed by atoms with Crippen LogP contribution in [0, 0.1) is 12.7 Å². The lowest BCUT2D eigenvalue weighted by Crippen LogP contribution is -2.13. The summed E-state index contributed by atoms with van der Waals surface area (Å²) in [4.78, 5) is 24.2. The van der Waals surface area contributed by atoms with E-state index in [-0.39, 0.29) is 16.9 Å². The highest BCUT2D eigenvalue weighted by molar-refractivity contribution is 7.16. The fourth-order valence-electron chi connectivity index (χ4n) is 1.83. The van der Waals surface area contributed by atoms with E-state index in [1.165, 1.54) is 29.5 Å². The number of carbonyl (C=O) groups is 2. The van der Waals surface area contributed by atoms with Crippen molar-refractivity contribution in [3.05, 3.63) is 51.7 Å². The van der Waals surface area contributed by atoms with E-state index in [4.69, 9.17) is 5.11 Å². The number of amides is 1. The molecular weight excluding hydrogens is 293 g/mol. The molecule has 2 N–H and O–H groups in total. The highest BCUT2D eigenvalue weighted by Crippen LogP contribution is 2.29. The summed E-state index contributed by atoms with van der Waals surface area (Å²) in [5, 5.41) is 12.0. The SMILES string of the molecule is CCc1cc(C(=O)O)c(NC(=O)c2ccc(F)c(C)c2)s1. The van der Waals surface area contributed by atoms with Gasteiger partial charge in [0.1, 0.15) is 10.8 Å². The minimum Gasteiger partial charge on any atom is -0.478 e. The van der Waals surface area contributed by atoms with Gasteiger partial charge in [0.25, 0.3) is 5.91 Å². The van der Waals surface area contributed by atoms with E-state index in [1.807, 2.05) is 6.92 Å². The molecular formula is C15H14FNO3S. The van der Waals surface area contributed by atoms with E-state index in [9.17, 15) is 14.0 Å². The molecule has 6 heteroatoms. The van der Waals surface area contributed by atoms with Crippen molar-refractivity contribution in [2.45, 2.75) is 20.3 Å². The summed E-state index contributed by atoms with van der Waals surface area (Å²) in [6, 6.07) is 5.57. The van der Waals surface area contributed by atoms with Gasteiger partial charge in [0.15, 0.2) is 0 Å². The standard InChI is InChI=1S/C15H14FNO3S/c1-3-10-7-11(15(19)20)14(21-10)17-13(18)9-4-5-12(16)8(2)6-9/h4-7H,3H2,1-2H3,(H,17,18)(H,19,20). The maximum atomic E-state index is 13.2. The number of aromatic carboxylic acids is 1. The Morgan fingerprint density at radius 1 is 1.33 bits per heavy atom. The first-order valence-corrected chi connectivity index (χ1v) is 7.17. The highest BCUT2D eigenvalue weighted by Gasteiger charge is 2.17. The molecule has 0 radical (unpaired) electrons. The number of carbonyl (C=O) groups excluding carboxylic acids is 1. The second-order valence-corrected chi connectivity index (χ2v) is 5.67. The molecule has 0 fully saturated rings. The van der Waals surface area contributed by atoms with Crippen molar-refractivity contribution in [2.75, 3.05) is 5.32 Å². The summed E-state index contributed by atoms with van der Waals surface area (Å²) in [6.45, 7) is 3.47. The minimum absolute atomic E-state index is 0.0732. The highest BCUT2D eigenvalue weighted by atomic mass is 32.1. The Labute approximate surface area is 125 Å². The average molecular weight is 307 g/mol. The van der Waals surface area contributed by atoms with Crippen LogP contribution in [0.15, 0.2) is 24.3 Å². The van der Waals surface area contributed by atoms with Gasteiger partial charge in [0.2, 0.25) is 0 Å². The summed E-state index contributed by atoms with van der Waals surface area (Å²) >= 11 is 1.23. The van der Waals surface area contributed by atoms with Gasteiger partial charge in [-0.1, -0.05) is 6.92 Å². The Kier molecular flexibility index (Phi) is 4.37. The van der Waals surface area contributed by atoms with Crippen molar-refractivity contribution in [1.82, 2.24) is 0 Å². The summed E-state index contributed by atoms with van der Waals surface area (Å²) in [5.74, 6) is -1.93. The van der Waals surface area contributed by atoms with Gasteiger partial charge in [-0.25, -0.2) is 9.18 Å². The van der Waals surface area contributed by atoms with Crippen LogP contribution in [0.25, 0.3) is 0 Å². The lowest BCUT2D eigenvalue weighted by molar-refractivity contribution is 0.0698. The number of carboxylic acids is 1. The van der Waals surface area contributed by atoms with Crippen molar-refractivity contribution in [2.24, 2.45) is 0 Å². The molecule has 0 aliphatic rings. The van der Waals surface area contributed by atoms with E-state index in [0.29, 0.717) is 17.0 Å². The lowest BCUT2D eigenvalue weighted by Gasteiger charge is -2.05. The monoisotopic (exact) mass is 307 g/mol. The van der Waals surface area contributed by atoms with Crippen LogP contribution in [0.3, 0.4) is 0 Å². The normalized spacial score (nSPS) is 10.4. The number of hydrogen-bond acceptors (Lipinski definition) is 3. The molecule has 2 aromatic rings. The van der Waals surface area contributed by atoms with Crippen LogP contribution in [0.5, 0.6) is 0 Å². The Morgan fingerprint density at radius 2 is 2.05 bits per heavy atom. The van der Waals surface area contributed by atoms with Crippen molar-refractivity contribution < 1.29 is 19.1 Å². The maximum Gasteiger partial charge on any atom is 0.338 e. The quantitative estimate of drug-likeness (QED) is 0.905. The third-order valence-electron chi connectivity index (χ3n) is 3.01. The van der Waals surface area contributed by atoms with Crippen LogP contribution >= 0.6 is 11.3 Å². The predicted octanol–water partition coefficient (Wildman–Crippen LogP) is 3.71. The van der Waals surface area contributed by atoms with Gasteiger partial charge in [-0.05, 0) is 43.2 Å². The Bertz CT molecular complexity index is 709. The predicted molar refractivity (Wildman–Crippen MR) is 79.7 cm³/mol. The molecule has 1 aromatic heterocycles. The van der Waals surface area contributed by atoms with Crippen molar-refractivity contribution >= 4 is 28.2 Å². The first-order valence-electron chi connectivity index (χ1n) is 6.36. The van der Waals surface area contributed by atoms with Crippen molar-refractivity contribution in [3.63, 3.8) is 0 Å². The molecule has 1 aromatic carbocycles. The Morgan fingerprint density at radius 3 is 2.62 bits per heavy atom. The third-order valence-corrected chi connectivity index (χ3v) is 4.20. The number of rotatable bonds is 4. The molecule has 4 nitrogen and oxygen atoms in total. The molecule has 110 valence electrons. The van der Waals surface area contributed by atoms with E-state index < -0.39 is 11.9 Å². The fourth-order valence-corrected chi connectivity index (χ4v) is 2.81. The Balaban J connectivity index is 2.28. The average Bonchev–Trinajstić information content (AvgIpc) is 2.85. The van der Waals surface area contributed by atoms with Gasteiger partial charge < -0.3 is 10.4 Å². The van der Waals surface area contributed by atoms with E-state index >= 15 is 0 Å². The van der Waals surface area contributed by atoms with Crippen LogP contribution in [-0.4, -0.2) is 17.0 Å². The molecule has 1 amide bonds. The van der Waals surface area contributed by atoms with E-state index in [2.05, 4.69) is 5.32 Å². The van der Waals surface area contributed by atoms with Crippen molar-refractivity contribution in [1.29, 1.82) is 0 Å². The number of anilines is 1. The minimum atomic E-state index is -1.09. The Hall–Kier alpha value is -2.21. The van der Waals surface area contributed by atoms with Gasteiger partial charge >= 0.3 is 5.97 Å². The topological polar surface area (TPSA) is 66.4 Å². The van der Waals surface area contributed by atoms with Gasteiger partial charge in [-0.3, -0.25) is 4.79 Å². The number of halogens is 1. The van der Waals surface area contributed by atoms with Gasteiger partial charge in [-0.15, -0.1) is 11.3 Å². The van der Waals surface area contributed by atoms with Crippen molar-refractivity contribution in [3.8, 4) is 0 Å². The first kappa shape index (κ1) is 15.2. The molecule has 0 bridgehead atoms. The number of aryl methyl sites for hydroxylation is 2. The molecule has 0 spiro atoms. The number of thiophene rings is 1. The summed E-state index contributed by atoms with van der Waals surface area (Å²) in [5.41, 5.74) is 0.724. The largest absolute Gasteiger partial charge is 0.478 e. The lowest BCUT2D eigenvalue weighted by atomic mass is 10.1. The smallest absolute Gasteiger partial charge is 0.338 e. The summed E-state index contributed by atoms with van der Waals surface area (Å²) in [6.07, 6.45) is 0.691. The second-order valence-electron chi connectivity index (χ2n) is 4.53. The molecule has 0 atom stereocenters. The zero-order chi connectivity index (χ0) is 15.6. The third kappa shape index (κ3) is 3.28. The molecule has 21 heavy (non-hydrogen) atoms. The number of benzene rings is 1. The van der Waals surface area contributed by atoms with Crippen LogP contribution in [0.1, 0.15) is 38.1 Å². The molecule has 0 saturated heterocycles. The summed E-state index contributed by atoms with van der Waals surface area (Å²) < 4.78 is 13.2. The zero-order valence-electron chi connectivity index (χ0n) is 11.6. The number of nitrogens with one attached hydrogen (secondary N) is 1. The first-order chi connectivity index (χ1) is 9.92. The van der Waals surface area contributed by atoms with E-state index in [1.54, 1.807) is 13.0 Å². The van der Waals surface area contributed by atoms with Gasteiger partial charge in [0, 0.05) is 10.4 Å². The van der Waals surface area contributed by atoms with Gasteiger partial charge in [0.05, 0.1) is 5.56 Å². The second kappa shape index (κ2) is 6.05.